The molecule has 0 spiro atoms. The molecule has 0 aliphatic heterocycles. The lowest BCUT2D eigenvalue weighted by atomic mass is 10.1. The van der Waals surface area contributed by atoms with Crippen LogP contribution in [-0.4, -0.2) is 23.5 Å². The van der Waals surface area contributed by atoms with E-state index in [0.717, 1.165) is 17.2 Å². The van der Waals surface area contributed by atoms with E-state index in [1.807, 2.05) is 24.3 Å². The van der Waals surface area contributed by atoms with Gasteiger partial charge in [0.25, 0.3) is 0 Å². The highest BCUT2D eigenvalue weighted by molar-refractivity contribution is 5.80. The van der Waals surface area contributed by atoms with Crippen LogP contribution in [0.2, 0.25) is 0 Å². The summed E-state index contributed by atoms with van der Waals surface area (Å²) in [6.07, 6.45) is 1.67. The van der Waals surface area contributed by atoms with Gasteiger partial charge in [-0.05, 0) is 39.8 Å². The van der Waals surface area contributed by atoms with Gasteiger partial charge in [-0.1, -0.05) is 17.7 Å². The normalized spacial score (nSPS) is 12.3. The molecule has 22 heavy (non-hydrogen) atoms. The molecule has 1 heterocycles. The number of aliphatic imine (C=N–C) groups is 1. The van der Waals surface area contributed by atoms with E-state index in [0.29, 0.717) is 12.4 Å². The molecule has 2 rings (SSSR count). The fourth-order valence-corrected chi connectivity index (χ4v) is 1.93. The molecule has 2 aromatic rings. The maximum Gasteiger partial charge on any atom is 0.226 e. The zero-order valence-electron chi connectivity index (χ0n) is 13.9. The van der Waals surface area contributed by atoms with Gasteiger partial charge in [0.2, 0.25) is 5.89 Å². The Morgan fingerprint density at radius 3 is 2.50 bits per heavy atom. The number of guanidine groups is 1. The quantitative estimate of drug-likeness (QED) is 0.675. The van der Waals surface area contributed by atoms with Crippen molar-refractivity contribution in [3.05, 3.63) is 41.8 Å². The van der Waals surface area contributed by atoms with Gasteiger partial charge < -0.3 is 15.1 Å². The molecule has 0 atom stereocenters. The maximum absolute atomic E-state index is 5.55. The first-order valence-electron chi connectivity index (χ1n) is 7.38. The third-order valence-electron chi connectivity index (χ3n) is 3.00. The lowest BCUT2D eigenvalue weighted by Crippen LogP contribution is -2.47. The number of hydrogen-bond donors (Lipinski definition) is 2. The fraction of sp³-hybridized carbons (Fsp3) is 0.412. The van der Waals surface area contributed by atoms with Gasteiger partial charge >= 0.3 is 0 Å². The van der Waals surface area contributed by atoms with Gasteiger partial charge in [-0.15, -0.1) is 0 Å². The Bertz CT molecular complexity index is 635. The zero-order valence-corrected chi connectivity index (χ0v) is 13.9. The predicted molar refractivity (Wildman–Crippen MR) is 89.8 cm³/mol. The second-order valence-electron chi connectivity index (χ2n) is 6.31. The highest BCUT2D eigenvalue weighted by Crippen LogP contribution is 2.18. The second kappa shape index (κ2) is 6.64. The van der Waals surface area contributed by atoms with Crippen molar-refractivity contribution in [1.82, 2.24) is 15.6 Å². The lowest BCUT2D eigenvalue weighted by molar-refractivity contribution is 0.501. The summed E-state index contributed by atoms with van der Waals surface area (Å²) in [5, 5.41) is 6.53. The number of aromatic nitrogens is 1. The van der Waals surface area contributed by atoms with E-state index in [1.54, 1.807) is 13.3 Å². The van der Waals surface area contributed by atoms with Gasteiger partial charge in [0, 0.05) is 18.2 Å². The Kier molecular flexibility index (Phi) is 4.85. The standard InChI is InChI=1S/C17H24N4O/c1-12-6-8-13(9-7-12)15-20-14(11-22-15)10-19-16(18-5)21-17(2,3)4/h6-9,11H,10H2,1-5H3,(H2,18,19,21). The van der Waals surface area contributed by atoms with E-state index >= 15 is 0 Å². The minimum atomic E-state index is -0.0429. The monoisotopic (exact) mass is 300 g/mol. The summed E-state index contributed by atoms with van der Waals surface area (Å²) in [6, 6.07) is 8.12. The van der Waals surface area contributed by atoms with Crippen LogP contribution in [-0.2, 0) is 6.54 Å². The first kappa shape index (κ1) is 16.1. The summed E-state index contributed by atoms with van der Waals surface area (Å²) < 4.78 is 5.55. The molecule has 5 nitrogen and oxygen atoms in total. The number of benzene rings is 1. The van der Waals surface area contributed by atoms with Crippen molar-refractivity contribution in [2.45, 2.75) is 39.8 Å². The van der Waals surface area contributed by atoms with E-state index in [-0.39, 0.29) is 5.54 Å². The Morgan fingerprint density at radius 1 is 1.23 bits per heavy atom. The molecule has 1 aromatic heterocycles. The fourth-order valence-electron chi connectivity index (χ4n) is 1.93. The van der Waals surface area contributed by atoms with E-state index in [4.69, 9.17) is 4.42 Å². The van der Waals surface area contributed by atoms with Crippen molar-refractivity contribution in [3.63, 3.8) is 0 Å². The smallest absolute Gasteiger partial charge is 0.226 e. The van der Waals surface area contributed by atoms with Gasteiger partial charge in [-0.2, -0.15) is 0 Å². The molecule has 2 N–H and O–H groups in total. The highest BCUT2D eigenvalue weighted by Gasteiger charge is 2.12. The highest BCUT2D eigenvalue weighted by atomic mass is 16.3. The number of nitrogens with one attached hydrogen (secondary N) is 2. The average Bonchev–Trinajstić information content (AvgIpc) is 2.92. The van der Waals surface area contributed by atoms with E-state index < -0.39 is 0 Å². The average molecular weight is 300 g/mol. The van der Waals surface area contributed by atoms with Gasteiger partial charge in [0.05, 0.1) is 12.2 Å². The molecular formula is C17H24N4O. The van der Waals surface area contributed by atoms with Gasteiger partial charge in [0.1, 0.15) is 6.26 Å². The summed E-state index contributed by atoms with van der Waals surface area (Å²) in [6.45, 7) is 8.88. The number of hydrogen-bond acceptors (Lipinski definition) is 3. The molecule has 118 valence electrons. The van der Waals surface area contributed by atoms with Gasteiger partial charge in [-0.25, -0.2) is 4.98 Å². The van der Waals surface area contributed by atoms with Crippen LogP contribution in [0.3, 0.4) is 0 Å². The summed E-state index contributed by atoms with van der Waals surface area (Å²) in [7, 11) is 1.75. The Labute approximate surface area is 131 Å². The lowest BCUT2D eigenvalue weighted by Gasteiger charge is -2.23. The molecular weight excluding hydrogens is 276 g/mol. The minimum Gasteiger partial charge on any atom is -0.444 e. The van der Waals surface area contributed by atoms with Crippen LogP contribution in [0, 0.1) is 6.92 Å². The van der Waals surface area contributed by atoms with E-state index in [9.17, 15) is 0 Å². The first-order chi connectivity index (χ1) is 10.4. The van der Waals surface area contributed by atoms with Crippen LogP contribution in [0.4, 0.5) is 0 Å². The molecule has 1 aromatic carbocycles. The SMILES string of the molecule is CN=C(NCc1coc(-c2ccc(C)cc2)n1)NC(C)(C)C. The molecule has 0 fully saturated rings. The molecule has 0 bridgehead atoms. The maximum atomic E-state index is 5.55. The van der Waals surface area contributed by atoms with Crippen molar-refractivity contribution in [1.29, 1.82) is 0 Å². The van der Waals surface area contributed by atoms with Crippen LogP contribution in [0.15, 0.2) is 39.9 Å². The molecule has 5 heteroatoms. The number of rotatable bonds is 3. The topological polar surface area (TPSA) is 62.5 Å². The third kappa shape index (κ3) is 4.62. The Morgan fingerprint density at radius 2 is 1.91 bits per heavy atom. The third-order valence-corrected chi connectivity index (χ3v) is 3.00. The van der Waals surface area contributed by atoms with Crippen molar-refractivity contribution in [2.24, 2.45) is 4.99 Å². The molecule has 0 amide bonds. The summed E-state index contributed by atoms with van der Waals surface area (Å²) in [5.41, 5.74) is 2.99. The van der Waals surface area contributed by atoms with Crippen LogP contribution in [0.5, 0.6) is 0 Å². The van der Waals surface area contributed by atoms with Crippen molar-refractivity contribution >= 4 is 5.96 Å². The van der Waals surface area contributed by atoms with Crippen LogP contribution in [0.1, 0.15) is 32.0 Å². The molecule has 0 aliphatic carbocycles. The van der Waals surface area contributed by atoms with Crippen molar-refractivity contribution in [2.75, 3.05) is 7.05 Å². The zero-order chi connectivity index (χ0) is 16.2. The summed E-state index contributed by atoms with van der Waals surface area (Å²) in [4.78, 5) is 8.70. The van der Waals surface area contributed by atoms with Crippen LogP contribution in [0.25, 0.3) is 11.5 Å². The molecule has 0 saturated carbocycles. The minimum absolute atomic E-state index is 0.0429. The number of nitrogens with zero attached hydrogens (tertiary/aromatic N) is 2. The van der Waals surface area contributed by atoms with E-state index in [2.05, 4.69) is 48.3 Å². The van der Waals surface area contributed by atoms with Crippen molar-refractivity contribution in [3.8, 4) is 11.5 Å². The molecule has 0 aliphatic rings. The van der Waals surface area contributed by atoms with Crippen LogP contribution < -0.4 is 10.6 Å². The summed E-state index contributed by atoms with van der Waals surface area (Å²) >= 11 is 0. The number of oxazole rings is 1. The van der Waals surface area contributed by atoms with E-state index in [1.165, 1.54) is 5.56 Å². The van der Waals surface area contributed by atoms with Gasteiger partial charge in [0.15, 0.2) is 5.96 Å². The Hall–Kier alpha value is -2.30. The predicted octanol–water partition coefficient (Wildman–Crippen LogP) is 3.11. The second-order valence-corrected chi connectivity index (χ2v) is 6.31. The van der Waals surface area contributed by atoms with Gasteiger partial charge in [-0.3, -0.25) is 4.99 Å². The first-order valence-corrected chi connectivity index (χ1v) is 7.38. The molecule has 0 saturated heterocycles. The van der Waals surface area contributed by atoms with Crippen molar-refractivity contribution < 1.29 is 4.42 Å². The van der Waals surface area contributed by atoms with Crippen LogP contribution >= 0.6 is 0 Å². The summed E-state index contributed by atoms with van der Waals surface area (Å²) in [5.74, 6) is 1.38. The number of aryl methyl sites for hydroxylation is 1. The largest absolute Gasteiger partial charge is 0.444 e. The molecule has 0 unspecified atom stereocenters. The molecule has 0 radical (unpaired) electrons. The Balaban J connectivity index is 1.99.